The van der Waals surface area contributed by atoms with Crippen LogP contribution in [-0.4, -0.2) is 28.9 Å². The van der Waals surface area contributed by atoms with Crippen LogP contribution in [0.3, 0.4) is 0 Å². The summed E-state index contributed by atoms with van der Waals surface area (Å²) < 4.78 is 5.20. The highest BCUT2D eigenvalue weighted by Crippen LogP contribution is 2.43. The fourth-order valence-corrected chi connectivity index (χ4v) is 3.86. The highest BCUT2D eigenvalue weighted by molar-refractivity contribution is 5.86. The molecule has 0 saturated heterocycles. The SMILES string of the molecule is C=C(C)C(=O)OCCCC1=CC(c2cccc(C)c2O)=CC(C)(CC(C)O)C1. The van der Waals surface area contributed by atoms with Crippen LogP contribution in [0.1, 0.15) is 57.6 Å². The molecule has 4 heteroatoms. The van der Waals surface area contributed by atoms with Crippen LogP contribution < -0.4 is 0 Å². The topological polar surface area (TPSA) is 66.8 Å². The number of rotatable bonds is 8. The molecule has 2 rings (SSSR count). The zero-order valence-corrected chi connectivity index (χ0v) is 17.4. The number of aliphatic hydroxyl groups excluding tert-OH is 1. The van der Waals surface area contributed by atoms with Gasteiger partial charge in [0, 0.05) is 11.1 Å². The van der Waals surface area contributed by atoms with Crippen LogP contribution in [0.4, 0.5) is 0 Å². The van der Waals surface area contributed by atoms with E-state index in [9.17, 15) is 15.0 Å². The van der Waals surface area contributed by atoms with Crippen molar-refractivity contribution < 1.29 is 19.7 Å². The second-order valence-electron chi connectivity index (χ2n) is 8.28. The van der Waals surface area contributed by atoms with Crippen LogP contribution in [0, 0.1) is 12.3 Å². The van der Waals surface area contributed by atoms with Crippen molar-refractivity contribution in [3.8, 4) is 5.75 Å². The molecule has 0 heterocycles. The number of para-hydroxylation sites is 1. The maximum atomic E-state index is 11.5. The Kier molecular flexibility index (Phi) is 7.25. The highest BCUT2D eigenvalue weighted by atomic mass is 16.5. The van der Waals surface area contributed by atoms with E-state index in [-0.39, 0.29) is 11.4 Å². The molecular weight excluding hydrogens is 352 g/mol. The number of benzene rings is 1. The minimum Gasteiger partial charge on any atom is -0.507 e. The lowest BCUT2D eigenvalue weighted by molar-refractivity contribution is -0.139. The number of phenols is 1. The van der Waals surface area contributed by atoms with Gasteiger partial charge in [0.15, 0.2) is 0 Å². The number of ether oxygens (including phenoxy) is 1. The lowest BCUT2D eigenvalue weighted by Gasteiger charge is -2.33. The summed E-state index contributed by atoms with van der Waals surface area (Å²) in [6.07, 6.45) is 6.88. The highest BCUT2D eigenvalue weighted by Gasteiger charge is 2.29. The van der Waals surface area contributed by atoms with Gasteiger partial charge in [-0.3, -0.25) is 0 Å². The predicted molar refractivity (Wildman–Crippen MR) is 113 cm³/mol. The average molecular weight is 385 g/mol. The number of esters is 1. The van der Waals surface area contributed by atoms with Gasteiger partial charge in [-0.1, -0.05) is 49.4 Å². The fourth-order valence-electron chi connectivity index (χ4n) is 3.86. The molecule has 0 aliphatic heterocycles. The lowest BCUT2D eigenvalue weighted by Crippen LogP contribution is -2.23. The number of allylic oxidation sites excluding steroid dienone is 4. The predicted octanol–water partition coefficient (Wildman–Crippen LogP) is 5.09. The van der Waals surface area contributed by atoms with Crippen molar-refractivity contribution in [2.75, 3.05) is 6.61 Å². The molecule has 1 aliphatic carbocycles. The van der Waals surface area contributed by atoms with Crippen molar-refractivity contribution >= 4 is 11.5 Å². The number of carbonyl (C=O) groups is 1. The van der Waals surface area contributed by atoms with Crippen LogP contribution in [0.15, 0.2) is 48.1 Å². The fraction of sp³-hybridized carbons (Fsp3) is 0.458. The van der Waals surface area contributed by atoms with E-state index in [1.807, 2.05) is 25.1 Å². The number of hydrogen-bond donors (Lipinski definition) is 2. The molecule has 28 heavy (non-hydrogen) atoms. The molecule has 1 aliphatic rings. The summed E-state index contributed by atoms with van der Waals surface area (Å²) in [5.74, 6) is -0.0668. The van der Waals surface area contributed by atoms with Crippen molar-refractivity contribution in [2.24, 2.45) is 5.41 Å². The molecule has 2 N–H and O–H groups in total. The number of aryl methyl sites for hydroxylation is 1. The van der Waals surface area contributed by atoms with Gasteiger partial charge in [0.25, 0.3) is 0 Å². The Morgan fingerprint density at radius 3 is 2.75 bits per heavy atom. The number of carbonyl (C=O) groups excluding carboxylic acids is 1. The van der Waals surface area contributed by atoms with Gasteiger partial charge in [0.1, 0.15) is 5.75 Å². The Morgan fingerprint density at radius 2 is 2.11 bits per heavy atom. The molecule has 2 atom stereocenters. The molecule has 0 aromatic heterocycles. The van der Waals surface area contributed by atoms with Crippen LogP contribution in [0.5, 0.6) is 5.75 Å². The van der Waals surface area contributed by atoms with Crippen LogP contribution in [-0.2, 0) is 9.53 Å². The molecule has 4 nitrogen and oxygen atoms in total. The number of aliphatic hydroxyl groups is 1. The van der Waals surface area contributed by atoms with E-state index < -0.39 is 6.10 Å². The van der Waals surface area contributed by atoms with E-state index in [0.717, 1.165) is 36.0 Å². The van der Waals surface area contributed by atoms with Crippen LogP contribution in [0.25, 0.3) is 5.57 Å². The van der Waals surface area contributed by atoms with Crippen LogP contribution >= 0.6 is 0 Å². The van der Waals surface area contributed by atoms with Crippen molar-refractivity contribution in [3.05, 3.63) is 59.2 Å². The summed E-state index contributed by atoms with van der Waals surface area (Å²) in [5.41, 5.74) is 4.06. The first-order chi connectivity index (χ1) is 13.1. The van der Waals surface area contributed by atoms with Gasteiger partial charge >= 0.3 is 5.97 Å². The Bertz CT molecular complexity index is 801. The first-order valence-corrected chi connectivity index (χ1v) is 9.83. The summed E-state index contributed by atoms with van der Waals surface area (Å²) in [5, 5.41) is 20.5. The van der Waals surface area contributed by atoms with Gasteiger partial charge in [0.05, 0.1) is 12.7 Å². The molecule has 0 bridgehead atoms. The Balaban J connectivity index is 2.21. The molecule has 1 aromatic carbocycles. The number of aromatic hydroxyl groups is 1. The summed E-state index contributed by atoms with van der Waals surface area (Å²) in [4.78, 5) is 11.5. The zero-order chi connectivity index (χ0) is 20.9. The number of phenolic OH excluding ortho intramolecular Hbond substituents is 1. The third-order valence-corrected chi connectivity index (χ3v) is 5.03. The first-order valence-electron chi connectivity index (χ1n) is 9.83. The second-order valence-corrected chi connectivity index (χ2v) is 8.28. The molecule has 152 valence electrons. The third kappa shape index (κ3) is 5.83. The van der Waals surface area contributed by atoms with Crippen molar-refractivity contribution in [1.82, 2.24) is 0 Å². The van der Waals surface area contributed by atoms with E-state index >= 15 is 0 Å². The van der Waals surface area contributed by atoms with Gasteiger partial charge in [-0.15, -0.1) is 0 Å². The molecular formula is C24H32O4. The maximum Gasteiger partial charge on any atom is 0.333 e. The van der Waals surface area contributed by atoms with Crippen LogP contribution in [0.2, 0.25) is 0 Å². The summed E-state index contributed by atoms with van der Waals surface area (Å²) in [6, 6.07) is 5.75. The van der Waals surface area contributed by atoms with Gasteiger partial charge in [0.2, 0.25) is 0 Å². The van der Waals surface area contributed by atoms with Gasteiger partial charge in [-0.05, 0) is 63.0 Å². The monoisotopic (exact) mass is 384 g/mol. The van der Waals surface area contributed by atoms with Crippen molar-refractivity contribution in [1.29, 1.82) is 0 Å². The standard InChI is InChI=1S/C24H32O4/c1-16(2)23(27)28-11-7-9-19-12-20(15-24(5,14-19)13-18(4)25)21-10-6-8-17(3)22(21)26/h6,8,10,12,15,18,25-26H,1,7,9,11,13-14H2,2-5H3. The summed E-state index contributed by atoms with van der Waals surface area (Å²) >= 11 is 0. The zero-order valence-electron chi connectivity index (χ0n) is 17.4. The average Bonchev–Trinajstić information content (AvgIpc) is 2.59. The minimum absolute atomic E-state index is 0.196. The quantitative estimate of drug-likeness (QED) is 0.372. The van der Waals surface area contributed by atoms with Gasteiger partial charge in [-0.25, -0.2) is 4.79 Å². The summed E-state index contributed by atoms with van der Waals surface area (Å²) in [6.45, 7) is 11.4. The molecule has 0 spiro atoms. The van der Waals surface area contributed by atoms with Crippen molar-refractivity contribution in [2.45, 2.75) is 59.5 Å². The van der Waals surface area contributed by atoms with E-state index in [1.54, 1.807) is 13.8 Å². The Hall–Kier alpha value is -2.33. The Morgan fingerprint density at radius 1 is 1.39 bits per heavy atom. The van der Waals surface area contributed by atoms with Crippen molar-refractivity contribution in [3.63, 3.8) is 0 Å². The molecule has 0 amide bonds. The molecule has 0 fully saturated rings. The second kappa shape index (κ2) is 9.24. The molecule has 1 aromatic rings. The first kappa shape index (κ1) is 22.0. The largest absolute Gasteiger partial charge is 0.507 e. The number of hydrogen-bond acceptors (Lipinski definition) is 4. The van der Waals surface area contributed by atoms with E-state index in [1.165, 1.54) is 5.57 Å². The minimum atomic E-state index is -0.413. The van der Waals surface area contributed by atoms with E-state index in [2.05, 4.69) is 25.7 Å². The molecule has 0 saturated carbocycles. The third-order valence-electron chi connectivity index (χ3n) is 5.03. The van der Waals surface area contributed by atoms with E-state index in [4.69, 9.17) is 4.74 Å². The maximum absolute atomic E-state index is 11.5. The lowest BCUT2D eigenvalue weighted by atomic mass is 9.72. The Labute approximate surface area is 168 Å². The smallest absolute Gasteiger partial charge is 0.333 e. The molecule has 0 radical (unpaired) electrons. The van der Waals surface area contributed by atoms with Gasteiger partial charge in [-0.2, -0.15) is 0 Å². The van der Waals surface area contributed by atoms with E-state index in [0.29, 0.717) is 24.4 Å². The molecule has 2 unspecified atom stereocenters. The van der Waals surface area contributed by atoms with Gasteiger partial charge < -0.3 is 14.9 Å². The normalized spacial score (nSPS) is 20.2. The summed E-state index contributed by atoms with van der Waals surface area (Å²) in [7, 11) is 0.